The minimum atomic E-state index is 0.106. The number of hydrogen-bond acceptors (Lipinski definition) is 3. The van der Waals surface area contributed by atoms with Crippen LogP contribution in [-0.2, 0) is 4.79 Å². The van der Waals surface area contributed by atoms with Crippen molar-refractivity contribution >= 4 is 5.91 Å². The standard InChI is InChI=1S/C13H25N3O/c1-10(4-2-7-14)13(17)15-11-6-9-16-8-3-5-12(11)16/h10-12H,2-9,14H2,1H3,(H,15,17). The molecule has 0 aliphatic carbocycles. The van der Waals surface area contributed by atoms with E-state index in [1.165, 1.54) is 19.4 Å². The van der Waals surface area contributed by atoms with Gasteiger partial charge in [0.25, 0.3) is 0 Å². The first-order valence-electron chi connectivity index (χ1n) is 6.97. The predicted molar refractivity (Wildman–Crippen MR) is 68.6 cm³/mol. The molecule has 0 aromatic carbocycles. The first-order chi connectivity index (χ1) is 8.22. The molecule has 2 aliphatic heterocycles. The van der Waals surface area contributed by atoms with E-state index in [0.717, 1.165) is 25.8 Å². The highest BCUT2D eigenvalue weighted by molar-refractivity contribution is 5.78. The van der Waals surface area contributed by atoms with Crippen molar-refractivity contribution in [1.29, 1.82) is 0 Å². The van der Waals surface area contributed by atoms with E-state index in [1.807, 2.05) is 6.92 Å². The average Bonchev–Trinajstić information content (AvgIpc) is 2.90. The maximum absolute atomic E-state index is 12.0. The third kappa shape index (κ3) is 2.99. The highest BCUT2D eigenvalue weighted by Gasteiger charge is 2.38. The van der Waals surface area contributed by atoms with Gasteiger partial charge in [0.1, 0.15) is 0 Å². The molecule has 3 atom stereocenters. The van der Waals surface area contributed by atoms with Gasteiger partial charge in [0.15, 0.2) is 0 Å². The molecule has 2 heterocycles. The van der Waals surface area contributed by atoms with Gasteiger partial charge in [-0.25, -0.2) is 0 Å². The van der Waals surface area contributed by atoms with Crippen LogP contribution in [0.15, 0.2) is 0 Å². The Hall–Kier alpha value is -0.610. The van der Waals surface area contributed by atoms with E-state index in [0.29, 0.717) is 18.6 Å². The molecule has 2 saturated heterocycles. The fourth-order valence-electron chi connectivity index (χ4n) is 3.13. The second kappa shape index (κ2) is 5.83. The zero-order chi connectivity index (χ0) is 12.3. The first-order valence-corrected chi connectivity index (χ1v) is 6.97. The lowest BCUT2D eigenvalue weighted by molar-refractivity contribution is -0.125. The minimum absolute atomic E-state index is 0.106. The number of carbonyl (C=O) groups excluding carboxylic acids is 1. The van der Waals surface area contributed by atoms with Gasteiger partial charge in [-0.2, -0.15) is 0 Å². The summed E-state index contributed by atoms with van der Waals surface area (Å²) in [5.41, 5.74) is 5.47. The van der Waals surface area contributed by atoms with Crippen LogP contribution in [0.4, 0.5) is 0 Å². The fraction of sp³-hybridized carbons (Fsp3) is 0.923. The summed E-state index contributed by atoms with van der Waals surface area (Å²) < 4.78 is 0. The number of carbonyl (C=O) groups is 1. The van der Waals surface area contributed by atoms with Crippen LogP contribution in [0.25, 0.3) is 0 Å². The van der Waals surface area contributed by atoms with Gasteiger partial charge in [-0.05, 0) is 45.2 Å². The van der Waals surface area contributed by atoms with Gasteiger partial charge in [0.2, 0.25) is 5.91 Å². The SMILES string of the molecule is CC(CCCN)C(=O)NC1CCN2CCCC12. The number of amides is 1. The molecule has 2 rings (SSSR count). The number of rotatable bonds is 5. The Bertz CT molecular complexity index is 269. The van der Waals surface area contributed by atoms with Crippen molar-refractivity contribution in [2.75, 3.05) is 19.6 Å². The molecular weight excluding hydrogens is 214 g/mol. The van der Waals surface area contributed by atoms with E-state index < -0.39 is 0 Å². The van der Waals surface area contributed by atoms with Crippen LogP contribution in [-0.4, -0.2) is 42.5 Å². The Morgan fingerprint density at radius 1 is 1.47 bits per heavy atom. The first kappa shape index (κ1) is 12.8. The molecule has 98 valence electrons. The fourth-order valence-corrected chi connectivity index (χ4v) is 3.13. The number of fused-ring (bicyclic) bond motifs is 1. The highest BCUT2D eigenvalue weighted by Crippen LogP contribution is 2.28. The van der Waals surface area contributed by atoms with Gasteiger partial charge in [-0.1, -0.05) is 6.92 Å². The van der Waals surface area contributed by atoms with Gasteiger partial charge in [-0.3, -0.25) is 9.69 Å². The molecule has 0 aromatic rings. The zero-order valence-corrected chi connectivity index (χ0v) is 10.8. The molecule has 0 saturated carbocycles. The van der Waals surface area contributed by atoms with Crippen molar-refractivity contribution in [2.24, 2.45) is 11.7 Å². The lowest BCUT2D eigenvalue weighted by Gasteiger charge is -2.23. The second-order valence-electron chi connectivity index (χ2n) is 5.48. The van der Waals surface area contributed by atoms with Crippen molar-refractivity contribution in [2.45, 2.75) is 51.1 Å². The molecule has 2 fully saturated rings. The molecular formula is C13H25N3O. The van der Waals surface area contributed by atoms with E-state index in [2.05, 4.69) is 10.2 Å². The van der Waals surface area contributed by atoms with Crippen molar-refractivity contribution in [1.82, 2.24) is 10.2 Å². The molecule has 3 unspecified atom stereocenters. The Labute approximate surface area is 104 Å². The van der Waals surface area contributed by atoms with E-state index in [1.54, 1.807) is 0 Å². The van der Waals surface area contributed by atoms with Gasteiger partial charge in [0.05, 0.1) is 0 Å². The molecule has 3 N–H and O–H groups in total. The number of nitrogens with zero attached hydrogens (tertiary/aromatic N) is 1. The van der Waals surface area contributed by atoms with Crippen LogP contribution in [0, 0.1) is 5.92 Å². The normalized spacial score (nSPS) is 30.2. The summed E-state index contributed by atoms with van der Waals surface area (Å²) in [5, 5.41) is 3.24. The van der Waals surface area contributed by atoms with Gasteiger partial charge in [0, 0.05) is 24.5 Å². The zero-order valence-electron chi connectivity index (χ0n) is 10.8. The van der Waals surface area contributed by atoms with Gasteiger partial charge < -0.3 is 11.1 Å². The molecule has 1 amide bonds. The molecule has 4 heteroatoms. The highest BCUT2D eigenvalue weighted by atomic mass is 16.1. The molecule has 0 aromatic heterocycles. The number of hydrogen-bond donors (Lipinski definition) is 2. The number of nitrogens with two attached hydrogens (primary N) is 1. The lowest BCUT2D eigenvalue weighted by Crippen LogP contribution is -2.44. The minimum Gasteiger partial charge on any atom is -0.352 e. The number of nitrogens with one attached hydrogen (secondary N) is 1. The Balaban J connectivity index is 1.78. The Morgan fingerprint density at radius 3 is 3.06 bits per heavy atom. The quantitative estimate of drug-likeness (QED) is 0.743. The summed E-state index contributed by atoms with van der Waals surface area (Å²) in [6.45, 7) is 5.07. The van der Waals surface area contributed by atoms with E-state index in [4.69, 9.17) is 5.73 Å². The summed E-state index contributed by atoms with van der Waals surface area (Å²) in [7, 11) is 0. The third-order valence-corrected chi connectivity index (χ3v) is 4.22. The largest absolute Gasteiger partial charge is 0.352 e. The summed E-state index contributed by atoms with van der Waals surface area (Å²) >= 11 is 0. The van der Waals surface area contributed by atoms with Crippen LogP contribution >= 0.6 is 0 Å². The predicted octanol–water partition coefficient (Wildman–Crippen LogP) is 0.714. The summed E-state index contributed by atoms with van der Waals surface area (Å²) in [6.07, 6.45) is 5.51. The maximum Gasteiger partial charge on any atom is 0.223 e. The third-order valence-electron chi connectivity index (χ3n) is 4.22. The van der Waals surface area contributed by atoms with E-state index >= 15 is 0 Å². The summed E-state index contributed by atoms with van der Waals surface area (Å²) in [5.74, 6) is 0.325. The van der Waals surface area contributed by atoms with Crippen molar-refractivity contribution < 1.29 is 4.79 Å². The smallest absolute Gasteiger partial charge is 0.223 e. The van der Waals surface area contributed by atoms with Crippen molar-refractivity contribution in [3.8, 4) is 0 Å². The van der Waals surface area contributed by atoms with Crippen LogP contribution in [0.3, 0.4) is 0 Å². The molecule has 0 bridgehead atoms. The Morgan fingerprint density at radius 2 is 2.29 bits per heavy atom. The summed E-state index contributed by atoms with van der Waals surface area (Å²) in [6, 6.07) is 1.01. The molecule has 2 aliphatic rings. The van der Waals surface area contributed by atoms with Crippen molar-refractivity contribution in [3.63, 3.8) is 0 Å². The molecule has 17 heavy (non-hydrogen) atoms. The van der Waals surface area contributed by atoms with Crippen LogP contribution < -0.4 is 11.1 Å². The molecule has 0 spiro atoms. The van der Waals surface area contributed by atoms with Crippen LogP contribution in [0.5, 0.6) is 0 Å². The topological polar surface area (TPSA) is 58.4 Å². The summed E-state index contributed by atoms with van der Waals surface area (Å²) in [4.78, 5) is 14.5. The van der Waals surface area contributed by atoms with E-state index in [-0.39, 0.29) is 11.8 Å². The lowest BCUT2D eigenvalue weighted by atomic mass is 10.0. The van der Waals surface area contributed by atoms with E-state index in [9.17, 15) is 4.79 Å². The molecule has 4 nitrogen and oxygen atoms in total. The van der Waals surface area contributed by atoms with Crippen molar-refractivity contribution in [3.05, 3.63) is 0 Å². The second-order valence-corrected chi connectivity index (χ2v) is 5.48. The van der Waals surface area contributed by atoms with Crippen LogP contribution in [0.2, 0.25) is 0 Å². The Kier molecular flexibility index (Phi) is 4.40. The van der Waals surface area contributed by atoms with Gasteiger partial charge in [-0.15, -0.1) is 0 Å². The average molecular weight is 239 g/mol. The van der Waals surface area contributed by atoms with Crippen LogP contribution in [0.1, 0.15) is 39.0 Å². The van der Waals surface area contributed by atoms with Gasteiger partial charge >= 0.3 is 0 Å². The molecule has 0 radical (unpaired) electrons. The monoisotopic (exact) mass is 239 g/mol. The maximum atomic E-state index is 12.0.